The molecule has 0 atom stereocenters. The minimum atomic E-state index is 0.348. The van der Waals surface area contributed by atoms with E-state index in [0.717, 1.165) is 38.3 Å². The van der Waals surface area contributed by atoms with E-state index in [0.29, 0.717) is 5.91 Å². The van der Waals surface area contributed by atoms with Crippen LogP contribution < -0.4 is 0 Å². The molecule has 26 heavy (non-hydrogen) atoms. The minimum Gasteiger partial charge on any atom is -0.360 e. The summed E-state index contributed by atoms with van der Waals surface area (Å²) in [7, 11) is 0. The lowest BCUT2D eigenvalue weighted by atomic mass is 9.86. The molecular weight excluding hydrogens is 320 g/mol. The Kier molecular flexibility index (Phi) is 5.14. The van der Waals surface area contributed by atoms with E-state index in [1.807, 2.05) is 4.90 Å². The molecule has 0 spiro atoms. The molecule has 4 rings (SSSR count). The zero-order valence-corrected chi connectivity index (χ0v) is 15.9. The molecular formula is C23H30N2O. The maximum atomic E-state index is 12.6. The van der Waals surface area contributed by atoms with Gasteiger partial charge in [0.15, 0.2) is 0 Å². The monoisotopic (exact) mass is 350 g/mol. The second-order valence-corrected chi connectivity index (χ2v) is 8.06. The molecule has 1 amide bonds. The average molecular weight is 351 g/mol. The summed E-state index contributed by atoms with van der Waals surface area (Å²) >= 11 is 0. The summed E-state index contributed by atoms with van der Waals surface area (Å²) in [6.45, 7) is 3.76. The highest BCUT2D eigenvalue weighted by atomic mass is 16.2. The molecule has 1 saturated carbocycles. The Labute approximate surface area is 156 Å². The fraction of sp³-hybridized carbons (Fsp3) is 0.522. The van der Waals surface area contributed by atoms with Gasteiger partial charge in [-0.05, 0) is 36.8 Å². The summed E-state index contributed by atoms with van der Waals surface area (Å²) in [5, 5.41) is 1.30. The van der Waals surface area contributed by atoms with Crippen LogP contribution in [-0.2, 0) is 4.79 Å². The lowest BCUT2D eigenvalue weighted by molar-refractivity contribution is -0.131. The van der Waals surface area contributed by atoms with Crippen LogP contribution >= 0.6 is 0 Å². The number of fused-ring (bicyclic) bond motifs is 1. The van der Waals surface area contributed by atoms with Gasteiger partial charge in [0.1, 0.15) is 0 Å². The van der Waals surface area contributed by atoms with Crippen molar-refractivity contribution in [1.82, 2.24) is 9.88 Å². The van der Waals surface area contributed by atoms with E-state index >= 15 is 0 Å². The summed E-state index contributed by atoms with van der Waals surface area (Å²) in [5.41, 5.74) is 5.19. The number of carbonyl (C=O) groups is 1. The summed E-state index contributed by atoms with van der Waals surface area (Å²) < 4.78 is 0. The lowest BCUT2D eigenvalue weighted by Gasteiger charge is -2.28. The predicted octanol–water partition coefficient (Wildman–Crippen LogP) is 5.45. The number of para-hydroxylation sites is 1. The first kappa shape index (κ1) is 17.4. The van der Waals surface area contributed by atoms with Gasteiger partial charge in [-0.1, -0.05) is 56.4 Å². The number of nitrogens with zero attached hydrogens (tertiary/aromatic N) is 1. The van der Waals surface area contributed by atoms with E-state index in [9.17, 15) is 4.79 Å². The first-order chi connectivity index (χ1) is 12.7. The molecule has 2 aliphatic rings. The van der Waals surface area contributed by atoms with Gasteiger partial charge in [0.25, 0.3) is 0 Å². The molecule has 1 aliphatic carbocycles. The fourth-order valence-electron chi connectivity index (χ4n) is 4.67. The SMILES string of the molecule is Cc1cccc2c(C3=CCN(C(=O)CCC4CCCCC4)CC3)c[nH]c12. The minimum absolute atomic E-state index is 0.348. The number of H-pyrrole nitrogens is 1. The van der Waals surface area contributed by atoms with Gasteiger partial charge in [0.05, 0.1) is 0 Å². The van der Waals surface area contributed by atoms with Gasteiger partial charge in [0.2, 0.25) is 5.91 Å². The molecule has 1 aromatic heterocycles. The Bertz CT molecular complexity index is 811. The number of benzene rings is 1. The number of hydrogen-bond acceptors (Lipinski definition) is 1. The highest BCUT2D eigenvalue weighted by Gasteiger charge is 2.21. The van der Waals surface area contributed by atoms with Gasteiger partial charge in [-0.25, -0.2) is 0 Å². The molecule has 138 valence electrons. The third-order valence-electron chi connectivity index (χ3n) is 6.32. The number of aromatic amines is 1. The van der Waals surface area contributed by atoms with E-state index in [-0.39, 0.29) is 0 Å². The van der Waals surface area contributed by atoms with Crippen LogP contribution in [0.25, 0.3) is 16.5 Å². The molecule has 3 heteroatoms. The topological polar surface area (TPSA) is 36.1 Å². The van der Waals surface area contributed by atoms with Gasteiger partial charge < -0.3 is 9.88 Å². The van der Waals surface area contributed by atoms with E-state index < -0.39 is 0 Å². The number of aryl methyl sites for hydroxylation is 1. The van der Waals surface area contributed by atoms with Gasteiger partial charge >= 0.3 is 0 Å². The van der Waals surface area contributed by atoms with Crippen LogP contribution in [0.3, 0.4) is 0 Å². The van der Waals surface area contributed by atoms with Crippen LogP contribution in [0.2, 0.25) is 0 Å². The first-order valence-electron chi connectivity index (χ1n) is 10.3. The largest absolute Gasteiger partial charge is 0.360 e. The highest BCUT2D eigenvalue weighted by molar-refractivity contribution is 5.94. The smallest absolute Gasteiger partial charge is 0.222 e. The Hall–Kier alpha value is -2.03. The Morgan fingerprint density at radius 2 is 2.08 bits per heavy atom. The summed E-state index contributed by atoms with van der Waals surface area (Å²) in [6, 6.07) is 6.46. The summed E-state index contributed by atoms with van der Waals surface area (Å²) in [6.07, 6.45) is 13.9. The fourth-order valence-corrected chi connectivity index (χ4v) is 4.67. The van der Waals surface area contributed by atoms with Crippen molar-refractivity contribution in [3.8, 4) is 0 Å². The van der Waals surface area contributed by atoms with Gasteiger partial charge in [0, 0.05) is 42.2 Å². The molecule has 1 aliphatic heterocycles. The Morgan fingerprint density at radius 3 is 2.85 bits per heavy atom. The van der Waals surface area contributed by atoms with Crippen molar-refractivity contribution in [3.05, 3.63) is 41.6 Å². The molecule has 0 unspecified atom stereocenters. The molecule has 0 saturated heterocycles. The van der Waals surface area contributed by atoms with Crippen LogP contribution in [0.1, 0.15) is 62.5 Å². The van der Waals surface area contributed by atoms with Crippen LogP contribution in [0.4, 0.5) is 0 Å². The third-order valence-corrected chi connectivity index (χ3v) is 6.32. The summed E-state index contributed by atoms with van der Waals surface area (Å²) in [4.78, 5) is 18.1. The lowest BCUT2D eigenvalue weighted by Crippen LogP contribution is -2.34. The maximum absolute atomic E-state index is 12.6. The van der Waals surface area contributed by atoms with E-state index in [4.69, 9.17) is 0 Å². The zero-order valence-electron chi connectivity index (χ0n) is 15.9. The predicted molar refractivity (Wildman–Crippen MR) is 108 cm³/mol. The quantitative estimate of drug-likeness (QED) is 0.782. The van der Waals surface area contributed by atoms with Crippen molar-refractivity contribution >= 4 is 22.4 Å². The number of nitrogens with one attached hydrogen (secondary N) is 1. The van der Waals surface area contributed by atoms with Gasteiger partial charge in [-0.3, -0.25) is 4.79 Å². The first-order valence-corrected chi connectivity index (χ1v) is 10.3. The van der Waals surface area contributed by atoms with Gasteiger partial charge in [-0.15, -0.1) is 0 Å². The van der Waals surface area contributed by atoms with Crippen molar-refractivity contribution in [2.45, 2.75) is 58.3 Å². The number of carbonyl (C=O) groups excluding carboxylic acids is 1. The average Bonchev–Trinajstić information content (AvgIpc) is 3.12. The number of amides is 1. The van der Waals surface area contributed by atoms with Crippen molar-refractivity contribution in [1.29, 1.82) is 0 Å². The number of hydrogen-bond donors (Lipinski definition) is 1. The second-order valence-electron chi connectivity index (χ2n) is 8.06. The molecule has 1 aromatic carbocycles. The molecule has 2 aromatic rings. The summed E-state index contributed by atoms with van der Waals surface area (Å²) in [5.74, 6) is 1.14. The molecule has 0 bridgehead atoms. The number of rotatable bonds is 4. The van der Waals surface area contributed by atoms with Crippen LogP contribution in [-0.4, -0.2) is 28.9 Å². The number of aromatic nitrogens is 1. The van der Waals surface area contributed by atoms with Gasteiger partial charge in [-0.2, -0.15) is 0 Å². The van der Waals surface area contributed by atoms with E-state index in [2.05, 4.69) is 42.4 Å². The van der Waals surface area contributed by atoms with Crippen molar-refractivity contribution in [2.75, 3.05) is 13.1 Å². The zero-order chi connectivity index (χ0) is 17.9. The molecule has 3 nitrogen and oxygen atoms in total. The third kappa shape index (κ3) is 3.58. The van der Waals surface area contributed by atoms with Crippen LogP contribution in [0.15, 0.2) is 30.5 Å². The maximum Gasteiger partial charge on any atom is 0.222 e. The van der Waals surface area contributed by atoms with Crippen LogP contribution in [0.5, 0.6) is 0 Å². The van der Waals surface area contributed by atoms with E-state index in [1.165, 1.54) is 59.7 Å². The Balaban J connectivity index is 1.38. The molecule has 1 fully saturated rings. The molecule has 2 heterocycles. The van der Waals surface area contributed by atoms with Crippen LogP contribution in [0, 0.1) is 12.8 Å². The highest BCUT2D eigenvalue weighted by Crippen LogP contribution is 2.31. The normalized spacial score (nSPS) is 19.0. The molecule has 0 radical (unpaired) electrons. The molecule has 1 N–H and O–H groups in total. The Morgan fingerprint density at radius 1 is 1.23 bits per heavy atom. The van der Waals surface area contributed by atoms with Crippen molar-refractivity contribution in [3.63, 3.8) is 0 Å². The van der Waals surface area contributed by atoms with E-state index in [1.54, 1.807) is 0 Å². The standard InChI is InChI=1S/C23H30N2O/c1-17-6-5-9-20-21(16-24-23(17)20)19-12-14-25(15-13-19)22(26)11-10-18-7-3-2-4-8-18/h5-6,9,12,16,18,24H,2-4,7-8,10-11,13-15H2,1H3. The van der Waals surface area contributed by atoms with Crippen molar-refractivity contribution in [2.24, 2.45) is 5.92 Å². The van der Waals surface area contributed by atoms with Crippen molar-refractivity contribution < 1.29 is 4.79 Å². The second kappa shape index (κ2) is 7.69.